The first-order valence-corrected chi connectivity index (χ1v) is 17.4. The van der Waals surface area contributed by atoms with Crippen LogP contribution in [-0.2, 0) is 32.3 Å². The normalized spacial score (nSPS) is 19.2. The Balaban J connectivity index is 0.990. The number of likely N-dealkylation sites (tertiary alicyclic amines) is 1. The molecule has 0 bridgehead atoms. The summed E-state index contributed by atoms with van der Waals surface area (Å²) in [6.07, 6.45) is 5.34. The summed E-state index contributed by atoms with van der Waals surface area (Å²) >= 11 is 3.52. The molecular weight excluding hydrogens is 730 g/mol. The second-order valence-corrected chi connectivity index (χ2v) is 13.9. The number of aldehydes is 1. The van der Waals surface area contributed by atoms with E-state index in [4.69, 9.17) is 4.98 Å². The summed E-state index contributed by atoms with van der Waals surface area (Å²) in [5.41, 5.74) is 4.65. The molecule has 0 radical (unpaired) electrons. The number of nitrogens with one attached hydrogen (secondary N) is 2. The number of imide groups is 1. The van der Waals surface area contributed by atoms with Crippen LogP contribution in [0, 0.1) is 0 Å². The molecule has 51 heavy (non-hydrogen) atoms. The van der Waals surface area contributed by atoms with Gasteiger partial charge in [0.2, 0.25) is 17.7 Å². The van der Waals surface area contributed by atoms with Gasteiger partial charge in [-0.15, -0.1) is 0 Å². The summed E-state index contributed by atoms with van der Waals surface area (Å²) < 4.78 is 31.6. The average molecular weight is 764 g/mol. The molecule has 3 aliphatic rings. The van der Waals surface area contributed by atoms with E-state index in [2.05, 4.69) is 36.6 Å². The summed E-state index contributed by atoms with van der Waals surface area (Å²) in [5.74, 6) is -5.55. The highest BCUT2D eigenvalue weighted by Gasteiger charge is 2.41. The molecule has 2 aromatic carbocycles. The smallest absolute Gasteiger partial charge is 0.304 e. The lowest BCUT2D eigenvalue weighted by atomic mass is 9.99. The van der Waals surface area contributed by atoms with Crippen molar-refractivity contribution in [1.29, 1.82) is 0 Å². The first kappa shape index (κ1) is 34.5. The molecule has 13 nitrogen and oxygen atoms in total. The molecule has 3 aliphatic heterocycles. The molecule has 0 aliphatic carbocycles. The number of nitrogens with zero attached hydrogens (tertiary/aromatic N) is 6. The number of aromatic nitrogens is 4. The van der Waals surface area contributed by atoms with Crippen LogP contribution < -0.4 is 10.6 Å². The minimum atomic E-state index is -3.70. The van der Waals surface area contributed by atoms with E-state index in [1.165, 1.54) is 4.90 Å². The van der Waals surface area contributed by atoms with Crippen molar-refractivity contribution >= 4 is 56.9 Å². The van der Waals surface area contributed by atoms with Crippen molar-refractivity contribution in [2.24, 2.45) is 0 Å². The Morgan fingerprint density at radius 2 is 1.92 bits per heavy atom. The molecule has 16 heteroatoms. The molecule has 2 saturated heterocycles. The predicted molar refractivity (Wildman–Crippen MR) is 182 cm³/mol. The lowest BCUT2D eigenvalue weighted by Gasteiger charge is -2.37. The van der Waals surface area contributed by atoms with Gasteiger partial charge in [-0.05, 0) is 64.5 Å². The molecule has 2 atom stereocenters. The van der Waals surface area contributed by atoms with Crippen molar-refractivity contribution in [3.63, 3.8) is 0 Å². The maximum Gasteiger partial charge on any atom is 0.304 e. The summed E-state index contributed by atoms with van der Waals surface area (Å²) in [6.45, 7) is 0.818. The third kappa shape index (κ3) is 7.15. The monoisotopic (exact) mass is 762 g/mol. The number of piperidine rings is 2. The summed E-state index contributed by atoms with van der Waals surface area (Å²) in [7, 11) is 0. The summed E-state index contributed by atoms with van der Waals surface area (Å²) in [4.78, 5) is 74.0. The number of rotatable bonds is 10. The molecule has 264 valence electrons. The largest absolute Gasteiger partial charge is 0.351 e. The summed E-state index contributed by atoms with van der Waals surface area (Å²) in [6, 6.07) is 8.61. The lowest BCUT2D eigenvalue weighted by Crippen LogP contribution is -2.52. The maximum atomic E-state index is 14.4. The second-order valence-electron chi connectivity index (χ2n) is 13.0. The van der Waals surface area contributed by atoms with Gasteiger partial charge in [0.15, 0.2) is 6.29 Å². The van der Waals surface area contributed by atoms with E-state index in [-0.39, 0.29) is 43.8 Å². The minimum Gasteiger partial charge on any atom is -0.351 e. The number of para-hydroxylation sites is 1. The van der Waals surface area contributed by atoms with Crippen LogP contribution in [0.5, 0.6) is 0 Å². The topological polar surface area (TPSA) is 159 Å². The Morgan fingerprint density at radius 3 is 2.69 bits per heavy atom. The number of alkyl halides is 2. The van der Waals surface area contributed by atoms with Crippen LogP contribution >= 0.6 is 15.9 Å². The number of amides is 4. The number of hydrogen-bond acceptors (Lipinski definition) is 9. The number of hydrogen-bond donors (Lipinski definition) is 2. The fraction of sp³-hybridized carbons (Fsp3) is 0.371. The van der Waals surface area contributed by atoms with Crippen LogP contribution in [0.4, 0.5) is 8.78 Å². The Hall–Kier alpha value is -4.96. The van der Waals surface area contributed by atoms with E-state index in [1.54, 1.807) is 35.5 Å². The van der Waals surface area contributed by atoms with Gasteiger partial charge in [-0.2, -0.15) is 13.9 Å². The van der Waals surface area contributed by atoms with Gasteiger partial charge in [0.05, 0.1) is 35.7 Å². The van der Waals surface area contributed by atoms with Crippen molar-refractivity contribution in [3.8, 4) is 11.3 Å². The Morgan fingerprint density at radius 1 is 1.12 bits per heavy atom. The first-order valence-electron chi connectivity index (χ1n) is 16.6. The quantitative estimate of drug-likeness (QED) is 0.182. The van der Waals surface area contributed by atoms with Crippen LogP contribution in [-0.4, -0.2) is 90.6 Å². The van der Waals surface area contributed by atoms with Gasteiger partial charge in [-0.25, -0.2) is 4.98 Å². The number of carbonyl (C=O) groups excluding carboxylic acids is 5. The SMILES string of the molecule is O=CC(F)(F)CC(C(=O)NCc1ccc2c(c1)CN(C1CCC(=O)NC1=O)C2=O)N1CCC(n2cc(-c3cnc4cccc(Br)c4n3)cn2)CC1. The van der Waals surface area contributed by atoms with Crippen molar-refractivity contribution < 1.29 is 32.8 Å². The van der Waals surface area contributed by atoms with Crippen LogP contribution in [0.3, 0.4) is 0 Å². The van der Waals surface area contributed by atoms with Crippen molar-refractivity contribution in [2.45, 2.75) is 69.2 Å². The highest BCUT2D eigenvalue weighted by Crippen LogP contribution is 2.31. The molecule has 5 heterocycles. The van der Waals surface area contributed by atoms with Crippen molar-refractivity contribution in [3.05, 3.63) is 76.2 Å². The molecule has 4 aromatic rings. The highest BCUT2D eigenvalue weighted by molar-refractivity contribution is 9.10. The van der Waals surface area contributed by atoms with Crippen LogP contribution in [0.25, 0.3) is 22.3 Å². The van der Waals surface area contributed by atoms with Gasteiger partial charge in [0.25, 0.3) is 5.91 Å². The maximum absolute atomic E-state index is 14.4. The zero-order chi connectivity index (χ0) is 35.9. The number of fused-ring (bicyclic) bond motifs is 2. The zero-order valence-corrected chi connectivity index (χ0v) is 28.8. The molecule has 7 rings (SSSR count). The van der Waals surface area contributed by atoms with Gasteiger partial charge in [-0.3, -0.25) is 43.9 Å². The van der Waals surface area contributed by atoms with Gasteiger partial charge in [0, 0.05) is 60.8 Å². The fourth-order valence-corrected chi connectivity index (χ4v) is 7.45. The number of carbonyl (C=O) groups is 5. The molecule has 4 amide bonds. The molecule has 0 spiro atoms. The summed E-state index contributed by atoms with van der Waals surface area (Å²) in [5, 5.41) is 9.56. The van der Waals surface area contributed by atoms with Gasteiger partial charge in [0.1, 0.15) is 11.6 Å². The molecule has 2 unspecified atom stereocenters. The van der Waals surface area contributed by atoms with E-state index < -0.39 is 42.5 Å². The van der Waals surface area contributed by atoms with Crippen molar-refractivity contribution in [2.75, 3.05) is 13.1 Å². The van der Waals surface area contributed by atoms with E-state index in [0.29, 0.717) is 48.3 Å². The Kier molecular flexibility index (Phi) is 9.46. The second kappa shape index (κ2) is 14.0. The number of benzene rings is 2. The lowest BCUT2D eigenvalue weighted by molar-refractivity contribution is -0.139. The predicted octanol–water partition coefficient (Wildman–Crippen LogP) is 3.56. The molecule has 2 fully saturated rings. The van der Waals surface area contributed by atoms with E-state index >= 15 is 0 Å². The van der Waals surface area contributed by atoms with Gasteiger partial charge < -0.3 is 10.2 Å². The molecule has 2 N–H and O–H groups in total. The first-order chi connectivity index (χ1) is 24.5. The molecular formula is C35H33BrF2N8O5. The van der Waals surface area contributed by atoms with E-state index in [0.717, 1.165) is 21.1 Å². The fourth-order valence-electron chi connectivity index (χ4n) is 7.01. The van der Waals surface area contributed by atoms with Gasteiger partial charge in [-0.1, -0.05) is 18.2 Å². The Bertz CT molecular complexity index is 2050. The van der Waals surface area contributed by atoms with Crippen LogP contribution in [0.2, 0.25) is 0 Å². The van der Waals surface area contributed by atoms with Crippen LogP contribution in [0.15, 0.2) is 59.5 Å². The third-order valence-electron chi connectivity index (χ3n) is 9.73. The highest BCUT2D eigenvalue weighted by atomic mass is 79.9. The van der Waals surface area contributed by atoms with Crippen molar-refractivity contribution in [1.82, 2.24) is 40.2 Å². The molecule has 2 aromatic heterocycles. The van der Waals surface area contributed by atoms with E-state index in [9.17, 15) is 32.8 Å². The minimum absolute atomic E-state index is 0.00263. The Labute approximate surface area is 298 Å². The van der Waals surface area contributed by atoms with E-state index in [1.807, 2.05) is 29.1 Å². The third-order valence-corrected chi connectivity index (χ3v) is 10.4. The van der Waals surface area contributed by atoms with Gasteiger partial charge >= 0.3 is 5.92 Å². The molecule has 0 saturated carbocycles. The average Bonchev–Trinajstić information content (AvgIpc) is 3.75. The standard InChI is InChI=1S/C35H33BrF2N8O5/c36-25-2-1-3-26-31(25)42-27(16-39-26)22-15-41-46(18-22)23-8-10-44(11-9-23)29(13-35(37,38)19-47)32(49)40-14-20-4-5-24-21(12-20)17-45(34(24)51)28-6-7-30(48)43-33(28)50/h1-5,12,15-16,18-19,23,28-29H,6-11,13-14,17H2,(H,40,49)(H,43,48,50). The van der Waals surface area contributed by atoms with Crippen LogP contribution in [0.1, 0.15) is 59.6 Å². The zero-order valence-electron chi connectivity index (χ0n) is 27.2. The number of halogens is 3.